The molecular formula is C19H20N2O5. The Hall–Kier alpha value is -3.35. The lowest BCUT2D eigenvalue weighted by Crippen LogP contribution is -2.17. The lowest BCUT2D eigenvalue weighted by Gasteiger charge is -2.05. The normalized spacial score (nSPS) is 10.4. The SMILES string of the molecule is CCOc1ccc(C(=O)N/N=C/c2cccc(OCC(=O)OC)c2)cc1. The third kappa shape index (κ3) is 5.94. The van der Waals surface area contributed by atoms with Gasteiger partial charge in [0.2, 0.25) is 0 Å². The molecule has 26 heavy (non-hydrogen) atoms. The maximum Gasteiger partial charge on any atom is 0.343 e. The number of carbonyl (C=O) groups excluding carboxylic acids is 2. The molecule has 0 radical (unpaired) electrons. The van der Waals surface area contributed by atoms with Crippen LogP contribution in [0.15, 0.2) is 53.6 Å². The van der Waals surface area contributed by atoms with E-state index in [1.807, 2.05) is 6.92 Å². The second-order valence-corrected chi connectivity index (χ2v) is 5.09. The summed E-state index contributed by atoms with van der Waals surface area (Å²) < 4.78 is 15.1. The topological polar surface area (TPSA) is 86.2 Å². The van der Waals surface area contributed by atoms with E-state index in [4.69, 9.17) is 9.47 Å². The van der Waals surface area contributed by atoms with Crippen LogP contribution in [0.5, 0.6) is 11.5 Å². The first kappa shape index (κ1) is 19.0. The molecule has 0 heterocycles. The molecule has 1 N–H and O–H groups in total. The summed E-state index contributed by atoms with van der Waals surface area (Å²) in [4.78, 5) is 23.1. The number of carbonyl (C=O) groups is 2. The lowest BCUT2D eigenvalue weighted by molar-refractivity contribution is -0.142. The van der Waals surface area contributed by atoms with Crippen molar-refractivity contribution in [3.8, 4) is 11.5 Å². The van der Waals surface area contributed by atoms with Crippen LogP contribution in [0, 0.1) is 0 Å². The molecule has 1 amide bonds. The average molecular weight is 356 g/mol. The molecular weight excluding hydrogens is 336 g/mol. The molecule has 7 heteroatoms. The maximum atomic E-state index is 12.0. The first-order valence-electron chi connectivity index (χ1n) is 7.98. The fraction of sp³-hybridized carbons (Fsp3) is 0.211. The minimum absolute atomic E-state index is 0.175. The number of hydrazone groups is 1. The molecule has 0 atom stereocenters. The van der Waals surface area contributed by atoms with Gasteiger partial charge in [-0.2, -0.15) is 5.10 Å². The van der Waals surface area contributed by atoms with E-state index in [0.29, 0.717) is 29.2 Å². The molecule has 0 spiro atoms. The number of benzene rings is 2. The Morgan fingerprint density at radius 3 is 2.54 bits per heavy atom. The summed E-state index contributed by atoms with van der Waals surface area (Å²) in [5.74, 6) is 0.405. The monoisotopic (exact) mass is 356 g/mol. The Kier molecular flexibility index (Phi) is 7.17. The van der Waals surface area contributed by atoms with Gasteiger partial charge in [0.25, 0.3) is 5.91 Å². The van der Waals surface area contributed by atoms with Crippen molar-refractivity contribution in [1.29, 1.82) is 0 Å². The number of hydrogen-bond donors (Lipinski definition) is 1. The fourth-order valence-corrected chi connectivity index (χ4v) is 1.99. The number of nitrogens with one attached hydrogen (secondary N) is 1. The highest BCUT2D eigenvalue weighted by Crippen LogP contribution is 2.13. The Morgan fingerprint density at radius 1 is 1.08 bits per heavy atom. The molecule has 2 aromatic rings. The van der Waals surface area contributed by atoms with Crippen molar-refractivity contribution in [2.75, 3.05) is 20.3 Å². The molecule has 2 aromatic carbocycles. The van der Waals surface area contributed by atoms with Gasteiger partial charge in [-0.25, -0.2) is 10.2 Å². The lowest BCUT2D eigenvalue weighted by atomic mass is 10.2. The minimum Gasteiger partial charge on any atom is -0.494 e. The Labute approximate surface area is 151 Å². The third-order valence-corrected chi connectivity index (χ3v) is 3.25. The molecule has 0 aliphatic rings. The molecule has 0 saturated heterocycles. The van der Waals surface area contributed by atoms with E-state index in [0.717, 1.165) is 0 Å². The zero-order valence-electron chi connectivity index (χ0n) is 14.6. The van der Waals surface area contributed by atoms with E-state index in [2.05, 4.69) is 15.3 Å². The quantitative estimate of drug-likeness (QED) is 0.446. The van der Waals surface area contributed by atoms with Gasteiger partial charge < -0.3 is 14.2 Å². The highest BCUT2D eigenvalue weighted by molar-refractivity contribution is 5.95. The number of nitrogens with zero attached hydrogens (tertiary/aromatic N) is 1. The van der Waals surface area contributed by atoms with Gasteiger partial charge in [-0.3, -0.25) is 4.79 Å². The summed E-state index contributed by atoms with van der Waals surface area (Å²) in [7, 11) is 1.29. The van der Waals surface area contributed by atoms with Gasteiger partial charge >= 0.3 is 5.97 Å². The van der Waals surface area contributed by atoms with Crippen molar-refractivity contribution < 1.29 is 23.8 Å². The van der Waals surface area contributed by atoms with E-state index >= 15 is 0 Å². The van der Waals surface area contributed by atoms with Crippen LogP contribution in [-0.2, 0) is 9.53 Å². The van der Waals surface area contributed by atoms with Crippen LogP contribution >= 0.6 is 0 Å². The van der Waals surface area contributed by atoms with Crippen molar-refractivity contribution in [2.24, 2.45) is 5.10 Å². The summed E-state index contributed by atoms with van der Waals surface area (Å²) in [5, 5.41) is 3.93. The number of amides is 1. The van der Waals surface area contributed by atoms with Crippen LogP contribution in [0.4, 0.5) is 0 Å². The molecule has 2 rings (SSSR count). The second kappa shape index (κ2) is 9.83. The summed E-state index contributed by atoms with van der Waals surface area (Å²) >= 11 is 0. The number of rotatable bonds is 8. The smallest absolute Gasteiger partial charge is 0.343 e. The molecule has 0 unspecified atom stereocenters. The molecule has 0 aliphatic heterocycles. The number of esters is 1. The predicted molar refractivity (Wildman–Crippen MR) is 96.6 cm³/mol. The standard InChI is InChI=1S/C19H20N2O5/c1-3-25-16-9-7-15(8-10-16)19(23)21-20-12-14-5-4-6-17(11-14)26-13-18(22)24-2/h4-12H,3,13H2,1-2H3,(H,21,23)/b20-12+. The van der Waals surface area contributed by atoms with Gasteiger partial charge in [0.05, 0.1) is 19.9 Å². The van der Waals surface area contributed by atoms with Crippen molar-refractivity contribution in [1.82, 2.24) is 5.43 Å². The highest BCUT2D eigenvalue weighted by atomic mass is 16.6. The molecule has 7 nitrogen and oxygen atoms in total. The fourth-order valence-electron chi connectivity index (χ4n) is 1.99. The van der Waals surface area contributed by atoms with Crippen LogP contribution in [0.2, 0.25) is 0 Å². The Balaban J connectivity index is 1.91. The van der Waals surface area contributed by atoms with Gasteiger partial charge in [-0.1, -0.05) is 12.1 Å². The number of methoxy groups -OCH3 is 1. The summed E-state index contributed by atoms with van der Waals surface area (Å²) in [6.45, 7) is 2.29. The summed E-state index contributed by atoms with van der Waals surface area (Å²) in [6, 6.07) is 13.7. The zero-order chi connectivity index (χ0) is 18.8. The average Bonchev–Trinajstić information content (AvgIpc) is 2.67. The van der Waals surface area contributed by atoms with Crippen molar-refractivity contribution in [3.63, 3.8) is 0 Å². The Bertz CT molecular complexity index is 772. The van der Waals surface area contributed by atoms with E-state index in [-0.39, 0.29) is 12.5 Å². The molecule has 0 saturated carbocycles. The van der Waals surface area contributed by atoms with Crippen molar-refractivity contribution >= 4 is 18.1 Å². The predicted octanol–water partition coefficient (Wildman–Crippen LogP) is 2.40. The zero-order valence-corrected chi connectivity index (χ0v) is 14.6. The number of hydrogen-bond acceptors (Lipinski definition) is 6. The maximum absolute atomic E-state index is 12.0. The summed E-state index contributed by atoms with van der Waals surface area (Å²) in [6.07, 6.45) is 1.48. The Morgan fingerprint density at radius 2 is 1.85 bits per heavy atom. The van der Waals surface area contributed by atoms with Crippen LogP contribution < -0.4 is 14.9 Å². The second-order valence-electron chi connectivity index (χ2n) is 5.09. The first-order chi connectivity index (χ1) is 12.6. The molecule has 0 aliphatic carbocycles. The van der Waals surface area contributed by atoms with E-state index < -0.39 is 5.97 Å². The molecule has 0 aromatic heterocycles. The third-order valence-electron chi connectivity index (χ3n) is 3.25. The van der Waals surface area contributed by atoms with Crippen LogP contribution in [0.25, 0.3) is 0 Å². The molecule has 136 valence electrons. The summed E-state index contributed by atoms with van der Waals surface area (Å²) in [5.41, 5.74) is 3.63. The van der Waals surface area contributed by atoms with Gasteiger partial charge in [0.15, 0.2) is 6.61 Å². The minimum atomic E-state index is -0.466. The van der Waals surface area contributed by atoms with Gasteiger partial charge in [0, 0.05) is 5.56 Å². The van der Waals surface area contributed by atoms with Gasteiger partial charge in [-0.15, -0.1) is 0 Å². The van der Waals surface area contributed by atoms with Gasteiger partial charge in [0.1, 0.15) is 11.5 Å². The van der Waals surface area contributed by atoms with Crippen LogP contribution in [0.1, 0.15) is 22.8 Å². The van der Waals surface area contributed by atoms with Gasteiger partial charge in [-0.05, 0) is 48.9 Å². The highest BCUT2D eigenvalue weighted by Gasteiger charge is 2.04. The van der Waals surface area contributed by atoms with Crippen molar-refractivity contribution in [3.05, 3.63) is 59.7 Å². The first-order valence-corrected chi connectivity index (χ1v) is 7.98. The largest absolute Gasteiger partial charge is 0.494 e. The van der Waals surface area contributed by atoms with E-state index in [9.17, 15) is 9.59 Å². The van der Waals surface area contributed by atoms with Crippen LogP contribution in [-0.4, -0.2) is 38.4 Å². The molecule has 0 fully saturated rings. The van der Waals surface area contributed by atoms with Crippen LogP contribution in [0.3, 0.4) is 0 Å². The number of ether oxygens (including phenoxy) is 3. The van der Waals surface area contributed by atoms with E-state index in [1.54, 1.807) is 48.5 Å². The van der Waals surface area contributed by atoms with Crippen molar-refractivity contribution in [2.45, 2.75) is 6.92 Å². The molecule has 0 bridgehead atoms. The van der Waals surface area contributed by atoms with E-state index in [1.165, 1.54) is 13.3 Å².